The maximum absolute atomic E-state index is 5.88. The first-order valence-corrected chi connectivity index (χ1v) is 4.95. The van der Waals surface area contributed by atoms with Crippen molar-refractivity contribution in [2.75, 3.05) is 5.32 Å². The van der Waals surface area contributed by atoms with Crippen molar-refractivity contribution >= 4 is 17.3 Å². The molecule has 1 aromatic rings. The van der Waals surface area contributed by atoms with E-state index >= 15 is 0 Å². The minimum absolute atomic E-state index is 0.130. The van der Waals surface area contributed by atoms with Gasteiger partial charge in [0, 0.05) is 16.2 Å². The second-order valence-electron chi connectivity index (χ2n) is 3.87. The highest BCUT2D eigenvalue weighted by atomic mass is 35.5. The van der Waals surface area contributed by atoms with E-state index in [1.807, 2.05) is 24.3 Å². The van der Waals surface area contributed by atoms with E-state index in [0.29, 0.717) is 0 Å². The Morgan fingerprint density at radius 3 is 2.62 bits per heavy atom. The molecule has 0 spiro atoms. The average molecular weight is 198 g/mol. The van der Waals surface area contributed by atoms with Gasteiger partial charge in [-0.15, -0.1) is 0 Å². The summed E-state index contributed by atoms with van der Waals surface area (Å²) in [5, 5.41) is 4.20. The van der Waals surface area contributed by atoms with E-state index in [1.54, 1.807) is 0 Å². The second-order valence-corrected chi connectivity index (χ2v) is 4.31. The van der Waals surface area contributed by atoms with Crippen LogP contribution >= 0.6 is 11.6 Å². The zero-order valence-corrected chi connectivity index (χ0v) is 9.15. The smallest absolute Gasteiger partial charge is 0.0426 e. The summed E-state index contributed by atoms with van der Waals surface area (Å²) >= 11 is 5.88. The molecule has 0 unspecified atom stereocenters. The Bertz CT molecular complexity index is 281. The monoisotopic (exact) mass is 197 g/mol. The molecule has 0 heterocycles. The first kappa shape index (κ1) is 10.4. The number of halogens is 1. The lowest BCUT2D eigenvalue weighted by Crippen LogP contribution is -2.29. The van der Waals surface area contributed by atoms with Crippen LogP contribution in [0.1, 0.15) is 27.2 Å². The lowest BCUT2D eigenvalue weighted by atomic mass is 10.0. The summed E-state index contributed by atoms with van der Waals surface area (Å²) in [6, 6.07) is 7.81. The zero-order chi connectivity index (χ0) is 9.90. The second kappa shape index (κ2) is 4.01. The number of nitrogens with one attached hydrogen (secondary N) is 1. The van der Waals surface area contributed by atoms with Gasteiger partial charge in [-0.2, -0.15) is 0 Å². The summed E-state index contributed by atoms with van der Waals surface area (Å²) in [6.07, 6.45) is 1.08. The Labute approximate surface area is 85.1 Å². The molecule has 1 rings (SSSR count). The molecule has 0 aliphatic carbocycles. The first-order valence-electron chi connectivity index (χ1n) is 4.57. The van der Waals surface area contributed by atoms with Crippen molar-refractivity contribution in [3.63, 3.8) is 0 Å². The fraction of sp³-hybridized carbons (Fsp3) is 0.455. The van der Waals surface area contributed by atoms with Crippen LogP contribution in [0.3, 0.4) is 0 Å². The zero-order valence-electron chi connectivity index (χ0n) is 8.39. The summed E-state index contributed by atoms with van der Waals surface area (Å²) in [7, 11) is 0. The molecule has 0 aliphatic heterocycles. The van der Waals surface area contributed by atoms with Gasteiger partial charge in [0.1, 0.15) is 0 Å². The van der Waals surface area contributed by atoms with E-state index in [2.05, 4.69) is 26.1 Å². The van der Waals surface area contributed by atoms with Crippen molar-refractivity contribution in [2.45, 2.75) is 32.7 Å². The highest BCUT2D eigenvalue weighted by Gasteiger charge is 2.13. The predicted molar refractivity (Wildman–Crippen MR) is 59.4 cm³/mol. The molecule has 0 fully saturated rings. The van der Waals surface area contributed by atoms with Crippen LogP contribution in [0.4, 0.5) is 5.69 Å². The van der Waals surface area contributed by atoms with Crippen molar-refractivity contribution in [2.24, 2.45) is 0 Å². The summed E-state index contributed by atoms with van der Waals surface area (Å²) in [4.78, 5) is 0. The summed E-state index contributed by atoms with van der Waals surface area (Å²) in [5.41, 5.74) is 1.21. The Morgan fingerprint density at radius 2 is 2.08 bits per heavy atom. The summed E-state index contributed by atoms with van der Waals surface area (Å²) in [5.74, 6) is 0. The molecule has 0 radical (unpaired) electrons. The molecule has 1 aromatic carbocycles. The van der Waals surface area contributed by atoms with Gasteiger partial charge in [-0.3, -0.25) is 0 Å². The number of rotatable bonds is 3. The quantitative estimate of drug-likeness (QED) is 0.774. The van der Waals surface area contributed by atoms with Gasteiger partial charge in [0.25, 0.3) is 0 Å². The molecule has 0 aromatic heterocycles. The van der Waals surface area contributed by atoms with Gasteiger partial charge in [-0.05, 0) is 38.5 Å². The first-order chi connectivity index (χ1) is 6.03. The molecule has 0 aliphatic rings. The van der Waals surface area contributed by atoms with Gasteiger partial charge in [0.05, 0.1) is 0 Å². The Kier molecular flexibility index (Phi) is 3.21. The number of hydrogen-bond donors (Lipinski definition) is 1. The van der Waals surface area contributed by atoms with Gasteiger partial charge in [-0.25, -0.2) is 0 Å². The highest BCUT2D eigenvalue weighted by molar-refractivity contribution is 6.30. The van der Waals surface area contributed by atoms with Gasteiger partial charge in [0.15, 0.2) is 0 Å². The molecular weight excluding hydrogens is 182 g/mol. The molecule has 2 heteroatoms. The Balaban J connectivity index is 2.74. The van der Waals surface area contributed by atoms with Crippen LogP contribution in [-0.2, 0) is 0 Å². The SMILES string of the molecule is CCC(C)(C)Nc1cccc(Cl)c1. The van der Waals surface area contributed by atoms with E-state index < -0.39 is 0 Å². The van der Waals surface area contributed by atoms with Crippen LogP contribution < -0.4 is 5.32 Å². The van der Waals surface area contributed by atoms with E-state index in [4.69, 9.17) is 11.6 Å². The van der Waals surface area contributed by atoms with E-state index in [0.717, 1.165) is 17.1 Å². The molecule has 0 saturated heterocycles. The number of anilines is 1. The van der Waals surface area contributed by atoms with E-state index in [1.165, 1.54) is 0 Å². The van der Waals surface area contributed by atoms with Crippen LogP contribution in [0.25, 0.3) is 0 Å². The summed E-state index contributed by atoms with van der Waals surface area (Å²) < 4.78 is 0. The third kappa shape index (κ3) is 3.27. The maximum atomic E-state index is 5.88. The molecule has 13 heavy (non-hydrogen) atoms. The minimum atomic E-state index is 0.130. The van der Waals surface area contributed by atoms with Crippen molar-refractivity contribution in [3.05, 3.63) is 29.3 Å². The van der Waals surface area contributed by atoms with Crippen LogP contribution in [0.2, 0.25) is 5.02 Å². The third-order valence-corrected chi connectivity index (χ3v) is 2.43. The van der Waals surface area contributed by atoms with Crippen molar-refractivity contribution in [1.82, 2.24) is 0 Å². The molecule has 0 amide bonds. The third-order valence-electron chi connectivity index (χ3n) is 2.19. The van der Waals surface area contributed by atoms with Gasteiger partial charge in [-0.1, -0.05) is 24.6 Å². The fourth-order valence-electron chi connectivity index (χ4n) is 1.05. The summed E-state index contributed by atoms with van der Waals surface area (Å²) in [6.45, 7) is 6.51. The number of benzene rings is 1. The molecule has 72 valence electrons. The van der Waals surface area contributed by atoms with Crippen LogP contribution in [-0.4, -0.2) is 5.54 Å². The molecule has 0 bridgehead atoms. The standard InChI is InChI=1S/C11H16ClN/c1-4-11(2,3)13-10-7-5-6-9(12)8-10/h5-8,13H,4H2,1-3H3. The highest BCUT2D eigenvalue weighted by Crippen LogP contribution is 2.20. The molecule has 1 N–H and O–H groups in total. The molecule has 1 nitrogen and oxygen atoms in total. The van der Waals surface area contributed by atoms with E-state index in [9.17, 15) is 0 Å². The van der Waals surface area contributed by atoms with Crippen molar-refractivity contribution in [3.8, 4) is 0 Å². The predicted octanol–water partition coefficient (Wildman–Crippen LogP) is 3.94. The lowest BCUT2D eigenvalue weighted by Gasteiger charge is -2.25. The minimum Gasteiger partial charge on any atom is -0.380 e. The van der Waals surface area contributed by atoms with Crippen LogP contribution in [0.15, 0.2) is 24.3 Å². The molecular formula is C11H16ClN. The number of hydrogen-bond acceptors (Lipinski definition) is 1. The van der Waals surface area contributed by atoms with Gasteiger partial charge in [0.2, 0.25) is 0 Å². The maximum Gasteiger partial charge on any atom is 0.0426 e. The van der Waals surface area contributed by atoms with Crippen molar-refractivity contribution < 1.29 is 0 Å². The largest absolute Gasteiger partial charge is 0.380 e. The average Bonchev–Trinajstić information content (AvgIpc) is 2.03. The topological polar surface area (TPSA) is 12.0 Å². The fourth-order valence-corrected chi connectivity index (χ4v) is 1.24. The molecule has 0 saturated carbocycles. The van der Waals surface area contributed by atoms with Gasteiger partial charge < -0.3 is 5.32 Å². The van der Waals surface area contributed by atoms with Crippen molar-refractivity contribution in [1.29, 1.82) is 0 Å². The van der Waals surface area contributed by atoms with Crippen LogP contribution in [0.5, 0.6) is 0 Å². The molecule has 0 atom stereocenters. The van der Waals surface area contributed by atoms with E-state index in [-0.39, 0.29) is 5.54 Å². The lowest BCUT2D eigenvalue weighted by molar-refractivity contribution is 0.547. The normalized spacial score (nSPS) is 11.4. The Morgan fingerprint density at radius 1 is 1.38 bits per heavy atom. The van der Waals surface area contributed by atoms with Crippen LogP contribution in [0, 0.1) is 0 Å². The van der Waals surface area contributed by atoms with Gasteiger partial charge >= 0.3 is 0 Å². The Hall–Kier alpha value is -0.690.